The van der Waals surface area contributed by atoms with Crippen molar-refractivity contribution in [2.45, 2.75) is 25.7 Å². The molecule has 2 aromatic rings. The van der Waals surface area contributed by atoms with Gasteiger partial charge < -0.3 is 9.26 Å². The summed E-state index contributed by atoms with van der Waals surface area (Å²) in [6.45, 7) is 3.01. The Morgan fingerprint density at radius 1 is 1.58 bits per heavy atom. The molecule has 0 bridgehead atoms. The topological polar surface area (TPSA) is 65.2 Å². The van der Waals surface area contributed by atoms with Gasteiger partial charge in [0.2, 0.25) is 5.89 Å². The molecule has 1 aliphatic rings. The standard InChI is InChI=1S/C13H14N2O3S/c1-8(16)11-4-9(7-19-11)5-12-14-13(15-18-12)10-2-3-17-6-10/h4,7,10H,2-3,5-6H2,1H3/t10-/m1/s1. The van der Waals surface area contributed by atoms with E-state index in [2.05, 4.69) is 10.1 Å². The van der Waals surface area contributed by atoms with Crippen molar-refractivity contribution in [3.05, 3.63) is 33.6 Å². The van der Waals surface area contributed by atoms with Crippen molar-refractivity contribution in [2.75, 3.05) is 13.2 Å². The first kappa shape index (κ1) is 12.5. The summed E-state index contributed by atoms with van der Waals surface area (Å²) >= 11 is 1.45. The molecule has 19 heavy (non-hydrogen) atoms. The molecule has 1 aliphatic heterocycles. The number of aromatic nitrogens is 2. The fourth-order valence-electron chi connectivity index (χ4n) is 2.07. The molecule has 1 saturated heterocycles. The number of Topliss-reactive ketones (excluding diaryl/α,β-unsaturated/α-hetero) is 1. The third kappa shape index (κ3) is 2.74. The number of ketones is 1. The van der Waals surface area contributed by atoms with Crippen LogP contribution in [0.25, 0.3) is 0 Å². The number of nitrogens with zero attached hydrogens (tertiary/aromatic N) is 2. The van der Waals surface area contributed by atoms with Crippen LogP contribution in [0, 0.1) is 0 Å². The maximum Gasteiger partial charge on any atom is 0.231 e. The summed E-state index contributed by atoms with van der Waals surface area (Å²) in [6.07, 6.45) is 1.52. The summed E-state index contributed by atoms with van der Waals surface area (Å²) in [5, 5.41) is 5.96. The number of rotatable bonds is 4. The summed E-state index contributed by atoms with van der Waals surface area (Å²) in [7, 11) is 0. The van der Waals surface area contributed by atoms with Crippen LogP contribution in [-0.4, -0.2) is 29.1 Å². The Hall–Kier alpha value is -1.53. The second-order valence-corrected chi connectivity index (χ2v) is 5.57. The van der Waals surface area contributed by atoms with Gasteiger partial charge in [-0.3, -0.25) is 4.79 Å². The number of thiophene rings is 1. The highest BCUT2D eigenvalue weighted by Gasteiger charge is 2.23. The molecule has 1 fully saturated rings. The number of carbonyl (C=O) groups is 1. The number of carbonyl (C=O) groups excluding carboxylic acids is 1. The highest BCUT2D eigenvalue weighted by molar-refractivity contribution is 7.12. The lowest BCUT2D eigenvalue weighted by atomic mass is 10.1. The highest BCUT2D eigenvalue weighted by Crippen LogP contribution is 2.23. The zero-order valence-electron chi connectivity index (χ0n) is 10.6. The predicted octanol–water partition coefficient (Wildman–Crippen LogP) is 2.43. The van der Waals surface area contributed by atoms with Crippen LogP contribution in [0.4, 0.5) is 0 Å². The minimum Gasteiger partial charge on any atom is -0.381 e. The van der Waals surface area contributed by atoms with Gasteiger partial charge in [-0.25, -0.2) is 0 Å². The summed E-state index contributed by atoms with van der Waals surface area (Å²) in [5.41, 5.74) is 1.04. The van der Waals surface area contributed by atoms with Crippen LogP contribution >= 0.6 is 11.3 Å². The summed E-state index contributed by atoms with van der Waals surface area (Å²) in [6, 6.07) is 1.88. The van der Waals surface area contributed by atoms with Gasteiger partial charge in [0.1, 0.15) is 0 Å². The molecule has 6 heteroatoms. The van der Waals surface area contributed by atoms with Gasteiger partial charge in [-0.05, 0) is 30.4 Å². The second kappa shape index (κ2) is 5.22. The van der Waals surface area contributed by atoms with Gasteiger partial charge in [0.25, 0.3) is 0 Å². The van der Waals surface area contributed by atoms with E-state index in [0.29, 0.717) is 18.9 Å². The largest absolute Gasteiger partial charge is 0.381 e. The van der Waals surface area contributed by atoms with E-state index < -0.39 is 0 Å². The van der Waals surface area contributed by atoms with Crippen molar-refractivity contribution in [2.24, 2.45) is 0 Å². The molecule has 0 spiro atoms. The summed E-state index contributed by atoms with van der Waals surface area (Å²) < 4.78 is 10.6. The van der Waals surface area contributed by atoms with Crippen LogP contribution in [0.2, 0.25) is 0 Å². The van der Waals surface area contributed by atoms with Gasteiger partial charge in [-0.1, -0.05) is 5.16 Å². The van der Waals surface area contributed by atoms with E-state index in [9.17, 15) is 4.79 Å². The smallest absolute Gasteiger partial charge is 0.231 e. The average Bonchev–Trinajstić information content (AvgIpc) is 3.09. The summed E-state index contributed by atoms with van der Waals surface area (Å²) in [4.78, 5) is 16.4. The third-order valence-corrected chi connectivity index (χ3v) is 4.21. The fourth-order valence-corrected chi connectivity index (χ4v) is 2.89. The van der Waals surface area contributed by atoms with E-state index in [1.54, 1.807) is 6.92 Å². The fraction of sp³-hybridized carbons (Fsp3) is 0.462. The van der Waals surface area contributed by atoms with Gasteiger partial charge in [-0.2, -0.15) is 4.98 Å². The maximum atomic E-state index is 11.2. The molecule has 0 saturated carbocycles. The van der Waals surface area contributed by atoms with Crippen molar-refractivity contribution in [1.29, 1.82) is 0 Å². The van der Waals surface area contributed by atoms with Crippen molar-refractivity contribution in [1.82, 2.24) is 10.1 Å². The van der Waals surface area contributed by atoms with E-state index in [1.165, 1.54) is 11.3 Å². The molecule has 1 atom stereocenters. The maximum absolute atomic E-state index is 11.2. The number of hydrogen-bond acceptors (Lipinski definition) is 6. The molecule has 0 unspecified atom stereocenters. The number of ether oxygens (including phenoxy) is 1. The lowest BCUT2D eigenvalue weighted by molar-refractivity contribution is 0.102. The van der Waals surface area contributed by atoms with E-state index >= 15 is 0 Å². The SMILES string of the molecule is CC(=O)c1cc(Cc2nc([C@@H]3CCOC3)no2)cs1. The van der Waals surface area contributed by atoms with Gasteiger partial charge in [0.05, 0.1) is 17.9 Å². The van der Waals surface area contributed by atoms with Crippen LogP contribution in [0.1, 0.15) is 46.2 Å². The Kier molecular flexibility index (Phi) is 3.44. The zero-order chi connectivity index (χ0) is 13.2. The van der Waals surface area contributed by atoms with Gasteiger partial charge in [0.15, 0.2) is 11.6 Å². The molecule has 2 aromatic heterocycles. The predicted molar refractivity (Wildman–Crippen MR) is 69.6 cm³/mol. The lowest BCUT2D eigenvalue weighted by Crippen LogP contribution is -2.00. The zero-order valence-corrected chi connectivity index (χ0v) is 11.4. The van der Waals surface area contributed by atoms with E-state index in [-0.39, 0.29) is 11.7 Å². The number of hydrogen-bond donors (Lipinski definition) is 0. The van der Waals surface area contributed by atoms with Crippen LogP contribution in [0.5, 0.6) is 0 Å². The van der Waals surface area contributed by atoms with E-state index in [1.807, 2.05) is 11.4 Å². The molecule has 3 heterocycles. The summed E-state index contributed by atoms with van der Waals surface area (Å²) in [5.74, 6) is 1.67. The Bertz CT molecular complexity index is 584. The Balaban J connectivity index is 1.70. The molecule has 0 aliphatic carbocycles. The normalized spacial score (nSPS) is 18.9. The van der Waals surface area contributed by atoms with Crippen LogP contribution in [0.3, 0.4) is 0 Å². The highest BCUT2D eigenvalue weighted by atomic mass is 32.1. The van der Waals surface area contributed by atoms with E-state index in [4.69, 9.17) is 9.26 Å². The lowest BCUT2D eigenvalue weighted by Gasteiger charge is -1.97. The molecule has 0 amide bonds. The van der Waals surface area contributed by atoms with Crippen LogP contribution < -0.4 is 0 Å². The minimum atomic E-state index is 0.0885. The minimum absolute atomic E-state index is 0.0885. The third-order valence-electron chi connectivity index (χ3n) is 3.13. The van der Waals surface area contributed by atoms with Crippen molar-refractivity contribution in [3.63, 3.8) is 0 Å². The van der Waals surface area contributed by atoms with Crippen molar-refractivity contribution < 1.29 is 14.1 Å². The first-order valence-electron chi connectivity index (χ1n) is 6.21. The second-order valence-electron chi connectivity index (χ2n) is 4.66. The molecular formula is C13H14N2O3S. The van der Waals surface area contributed by atoms with Crippen LogP contribution in [-0.2, 0) is 11.2 Å². The molecule has 3 rings (SSSR count). The molecule has 100 valence electrons. The van der Waals surface area contributed by atoms with Crippen LogP contribution in [0.15, 0.2) is 16.0 Å². The quantitative estimate of drug-likeness (QED) is 0.804. The Labute approximate surface area is 114 Å². The molecular weight excluding hydrogens is 264 g/mol. The average molecular weight is 278 g/mol. The van der Waals surface area contributed by atoms with Gasteiger partial charge in [0, 0.05) is 12.5 Å². The monoisotopic (exact) mass is 278 g/mol. The first-order valence-corrected chi connectivity index (χ1v) is 7.09. The molecule has 0 aromatic carbocycles. The van der Waals surface area contributed by atoms with Crippen molar-refractivity contribution >= 4 is 17.1 Å². The molecule has 0 N–H and O–H groups in total. The van der Waals surface area contributed by atoms with E-state index in [0.717, 1.165) is 29.3 Å². The molecule has 0 radical (unpaired) electrons. The van der Waals surface area contributed by atoms with Gasteiger partial charge in [-0.15, -0.1) is 11.3 Å². The Morgan fingerprint density at radius 2 is 2.47 bits per heavy atom. The Morgan fingerprint density at radius 3 is 3.16 bits per heavy atom. The first-order chi connectivity index (χ1) is 9.22. The molecule has 5 nitrogen and oxygen atoms in total. The van der Waals surface area contributed by atoms with Crippen molar-refractivity contribution in [3.8, 4) is 0 Å². The van der Waals surface area contributed by atoms with Gasteiger partial charge >= 0.3 is 0 Å².